The van der Waals surface area contributed by atoms with Crippen LogP contribution in [0.15, 0.2) is 10.3 Å². The molecule has 0 radical (unpaired) electrons. The van der Waals surface area contributed by atoms with Crippen LogP contribution in [-0.2, 0) is 4.79 Å². The second kappa shape index (κ2) is 15.3. The number of rotatable bonds is 15. The summed E-state index contributed by atoms with van der Waals surface area (Å²) in [6.07, 6.45) is 3.36. The highest BCUT2D eigenvalue weighted by atomic mass is 16.1. The van der Waals surface area contributed by atoms with Crippen molar-refractivity contribution >= 4 is 6.29 Å². The third kappa shape index (κ3) is 13.6. The molecule has 0 aliphatic rings. The molecule has 0 aromatic rings. The van der Waals surface area contributed by atoms with Crippen LogP contribution in [0.4, 0.5) is 0 Å². The molecule has 0 unspecified atom stereocenters. The van der Waals surface area contributed by atoms with E-state index >= 15 is 0 Å². The molecule has 0 saturated heterocycles. The second-order valence-electron chi connectivity index (χ2n) is 4.86. The molecular formula is C13H31N7O. The summed E-state index contributed by atoms with van der Waals surface area (Å²) in [5.41, 5.74) is 0. The van der Waals surface area contributed by atoms with E-state index in [0.29, 0.717) is 19.5 Å². The highest BCUT2D eigenvalue weighted by Gasteiger charge is 2.01. The molecule has 0 saturated carbocycles. The fraction of sp³-hybridized carbons (Fsp3) is 0.923. The second-order valence-corrected chi connectivity index (χ2v) is 4.86. The minimum atomic E-state index is 0.499. The SMILES string of the molecule is CCN(CCCN=NN)CCNCCCN(N)CCC=O. The Morgan fingerprint density at radius 1 is 1.14 bits per heavy atom. The van der Waals surface area contributed by atoms with Crippen LogP contribution in [0.25, 0.3) is 0 Å². The van der Waals surface area contributed by atoms with Crippen molar-refractivity contribution in [1.29, 1.82) is 0 Å². The quantitative estimate of drug-likeness (QED) is 0.127. The topological polar surface area (TPSA) is 112 Å². The van der Waals surface area contributed by atoms with Crippen molar-refractivity contribution in [3.8, 4) is 0 Å². The molecule has 0 spiro atoms. The first-order valence-electron chi connectivity index (χ1n) is 7.67. The minimum absolute atomic E-state index is 0.499. The average Bonchev–Trinajstić information content (AvgIpc) is 2.50. The zero-order chi connectivity index (χ0) is 15.8. The summed E-state index contributed by atoms with van der Waals surface area (Å²) >= 11 is 0. The van der Waals surface area contributed by atoms with Crippen molar-refractivity contribution in [3.05, 3.63) is 0 Å². The van der Waals surface area contributed by atoms with Crippen LogP contribution in [0.5, 0.6) is 0 Å². The lowest BCUT2D eigenvalue weighted by molar-refractivity contribution is -0.108. The van der Waals surface area contributed by atoms with Gasteiger partial charge in [-0.05, 0) is 25.9 Å². The number of likely N-dealkylation sites (N-methyl/N-ethyl adjacent to an activating group) is 1. The van der Waals surface area contributed by atoms with Crippen LogP contribution in [0.2, 0.25) is 0 Å². The van der Waals surface area contributed by atoms with Gasteiger partial charge in [-0.1, -0.05) is 12.1 Å². The first kappa shape index (κ1) is 19.9. The maximum absolute atomic E-state index is 10.2. The largest absolute Gasteiger partial charge is 0.315 e. The molecule has 0 atom stereocenters. The van der Waals surface area contributed by atoms with E-state index in [9.17, 15) is 4.79 Å². The molecule has 21 heavy (non-hydrogen) atoms. The van der Waals surface area contributed by atoms with Gasteiger partial charge < -0.3 is 20.9 Å². The number of nitrogens with two attached hydrogens (primary N) is 2. The molecule has 0 fully saturated rings. The Hall–Kier alpha value is -1.09. The van der Waals surface area contributed by atoms with Crippen LogP contribution >= 0.6 is 0 Å². The number of carbonyl (C=O) groups excluding carboxylic acids is 1. The molecule has 0 amide bonds. The molecule has 0 heterocycles. The number of aldehydes is 1. The first-order valence-corrected chi connectivity index (χ1v) is 7.67. The molecule has 124 valence electrons. The Kier molecular flexibility index (Phi) is 14.5. The first-order chi connectivity index (χ1) is 10.2. The Morgan fingerprint density at radius 2 is 1.95 bits per heavy atom. The molecule has 8 nitrogen and oxygen atoms in total. The number of hydrogen-bond acceptors (Lipinski definition) is 7. The van der Waals surface area contributed by atoms with E-state index in [1.54, 1.807) is 5.01 Å². The van der Waals surface area contributed by atoms with Gasteiger partial charge in [0.25, 0.3) is 0 Å². The van der Waals surface area contributed by atoms with Gasteiger partial charge in [0, 0.05) is 39.1 Å². The highest BCUT2D eigenvalue weighted by Crippen LogP contribution is 1.92. The summed E-state index contributed by atoms with van der Waals surface area (Å²) in [4.78, 5) is 12.6. The fourth-order valence-electron chi connectivity index (χ4n) is 1.95. The number of nitrogens with one attached hydrogen (secondary N) is 1. The van der Waals surface area contributed by atoms with E-state index in [-0.39, 0.29) is 0 Å². The highest BCUT2D eigenvalue weighted by molar-refractivity contribution is 5.49. The van der Waals surface area contributed by atoms with E-state index in [2.05, 4.69) is 27.5 Å². The predicted octanol–water partition coefficient (Wildman–Crippen LogP) is -0.231. The summed E-state index contributed by atoms with van der Waals surface area (Å²) in [5.74, 6) is 10.7. The van der Waals surface area contributed by atoms with Crippen LogP contribution in [-0.4, -0.2) is 68.6 Å². The zero-order valence-electron chi connectivity index (χ0n) is 13.2. The summed E-state index contributed by atoms with van der Waals surface area (Å²) in [7, 11) is 0. The van der Waals surface area contributed by atoms with Gasteiger partial charge in [-0.3, -0.25) is 5.84 Å². The van der Waals surface area contributed by atoms with Gasteiger partial charge >= 0.3 is 0 Å². The summed E-state index contributed by atoms with van der Waals surface area (Å²) in [6.45, 7) is 9.25. The standard InChI is InChI=1S/C13H31N7O/c1-2-19(9-4-7-17-18-14)12-8-16-6-3-10-20(15)11-5-13-21/h13,16H,2-12,15H2,1H3,(H2,14,17). The maximum Gasteiger partial charge on any atom is 0.121 e. The lowest BCUT2D eigenvalue weighted by Crippen LogP contribution is -2.36. The lowest BCUT2D eigenvalue weighted by atomic mass is 10.3. The van der Waals surface area contributed by atoms with Crippen molar-refractivity contribution < 1.29 is 4.79 Å². The van der Waals surface area contributed by atoms with Gasteiger partial charge in [-0.2, -0.15) is 5.11 Å². The van der Waals surface area contributed by atoms with E-state index < -0.39 is 0 Å². The van der Waals surface area contributed by atoms with Crippen LogP contribution in [0, 0.1) is 0 Å². The Bertz CT molecular complexity index is 263. The molecule has 8 heteroatoms. The van der Waals surface area contributed by atoms with Gasteiger partial charge in [-0.15, -0.1) is 0 Å². The summed E-state index contributed by atoms with van der Waals surface area (Å²) in [5, 5.41) is 12.1. The van der Waals surface area contributed by atoms with Crippen LogP contribution in [0.1, 0.15) is 26.2 Å². The maximum atomic E-state index is 10.2. The predicted molar refractivity (Wildman–Crippen MR) is 84.6 cm³/mol. The molecule has 0 aromatic carbocycles. The molecule has 0 aromatic heterocycles. The van der Waals surface area contributed by atoms with Gasteiger partial charge in [0.1, 0.15) is 6.29 Å². The minimum Gasteiger partial charge on any atom is -0.315 e. The number of hydrogen-bond donors (Lipinski definition) is 3. The molecule has 0 aliphatic heterocycles. The lowest BCUT2D eigenvalue weighted by Gasteiger charge is -2.20. The van der Waals surface area contributed by atoms with Crippen molar-refractivity contribution in [2.24, 2.45) is 22.0 Å². The third-order valence-corrected chi connectivity index (χ3v) is 3.20. The smallest absolute Gasteiger partial charge is 0.121 e. The van der Waals surface area contributed by atoms with Crippen LogP contribution < -0.4 is 17.0 Å². The molecule has 5 N–H and O–H groups in total. The monoisotopic (exact) mass is 301 g/mol. The van der Waals surface area contributed by atoms with E-state index in [1.165, 1.54) is 0 Å². The number of hydrazine groups is 1. The van der Waals surface area contributed by atoms with Gasteiger partial charge in [0.2, 0.25) is 0 Å². The Balaban J connectivity index is 3.43. The van der Waals surface area contributed by atoms with Crippen molar-refractivity contribution in [1.82, 2.24) is 15.2 Å². The third-order valence-electron chi connectivity index (χ3n) is 3.20. The van der Waals surface area contributed by atoms with Crippen molar-refractivity contribution in [2.45, 2.75) is 26.2 Å². The normalized spacial score (nSPS) is 11.8. The molecule has 0 rings (SSSR count). The summed E-state index contributed by atoms with van der Waals surface area (Å²) in [6, 6.07) is 0. The van der Waals surface area contributed by atoms with Gasteiger partial charge in [0.15, 0.2) is 0 Å². The number of carbonyl (C=O) groups is 1. The fourth-order valence-corrected chi connectivity index (χ4v) is 1.95. The summed E-state index contributed by atoms with van der Waals surface area (Å²) < 4.78 is 0. The van der Waals surface area contributed by atoms with Gasteiger partial charge in [-0.25, -0.2) is 5.01 Å². The van der Waals surface area contributed by atoms with Crippen molar-refractivity contribution in [3.63, 3.8) is 0 Å². The van der Waals surface area contributed by atoms with E-state index in [4.69, 9.17) is 11.7 Å². The molecular weight excluding hydrogens is 270 g/mol. The Labute approximate surface area is 127 Å². The average molecular weight is 301 g/mol. The Morgan fingerprint density at radius 3 is 2.62 bits per heavy atom. The van der Waals surface area contributed by atoms with Crippen molar-refractivity contribution in [2.75, 3.05) is 52.4 Å². The molecule has 0 aliphatic carbocycles. The van der Waals surface area contributed by atoms with Crippen LogP contribution in [0.3, 0.4) is 0 Å². The van der Waals surface area contributed by atoms with Gasteiger partial charge in [0.05, 0.1) is 6.54 Å². The zero-order valence-corrected chi connectivity index (χ0v) is 13.2. The number of nitrogens with zero attached hydrogens (tertiary/aromatic N) is 4. The molecule has 0 bridgehead atoms. The van der Waals surface area contributed by atoms with E-state index in [1.807, 2.05) is 0 Å². The van der Waals surface area contributed by atoms with E-state index in [0.717, 1.165) is 58.4 Å².